The fourth-order valence-corrected chi connectivity index (χ4v) is 2.25. The molecule has 1 atom stereocenters. The quantitative estimate of drug-likeness (QED) is 0.783. The molecular weight excluding hydrogens is 348 g/mol. The number of anilines is 1. The van der Waals surface area contributed by atoms with Crippen molar-refractivity contribution in [2.45, 2.75) is 12.5 Å². The second-order valence-electron chi connectivity index (χ2n) is 5.05. The molecule has 0 spiro atoms. The van der Waals surface area contributed by atoms with E-state index in [1.54, 1.807) is 30.3 Å². The molecule has 0 saturated heterocycles. The van der Waals surface area contributed by atoms with Crippen molar-refractivity contribution in [2.24, 2.45) is 5.73 Å². The van der Waals surface area contributed by atoms with Gasteiger partial charge in [0, 0.05) is 11.3 Å². The van der Waals surface area contributed by atoms with Crippen LogP contribution in [-0.4, -0.2) is 36.5 Å². The molecule has 1 amide bonds. The summed E-state index contributed by atoms with van der Waals surface area (Å²) in [7, 11) is 2.57. The van der Waals surface area contributed by atoms with E-state index in [1.165, 1.54) is 14.2 Å². The molecule has 0 unspecified atom stereocenters. The molecule has 2 rings (SSSR count). The summed E-state index contributed by atoms with van der Waals surface area (Å²) in [6.45, 7) is 0. The number of carbonyl (C=O) groups is 2. The molecule has 0 fully saturated rings. The normalized spacial score (nSPS) is 11.5. The van der Waals surface area contributed by atoms with E-state index in [0.29, 0.717) is 16.9 Å². The number of aromatic nitrogens is 2. The first kappa shape index (κ1) is 18.6. The van der Waals surface area contributed by atoms with Gasteiger partial charge in [-0.3, -0.25) is 10.1 Å². The van der Waals surface area contributed by atoms with Crippen molar-refractivity contribution >= 4 is 29.4 Å². The van der Waals surface area contributed by atoms with Crippen molar-refractivity contribution in [3.05, 3.63) is 41.2 Å². The minimum Gasteiger partial charge on any atom is -0.469 e. The fraction of sp³-hybridized carbons (Fsp3) is 0.250. The van der Waals surface area contributed by atoms with E-state index in [9.17, 15) is 9.59 Å². The van der Waals surface area contributed by atoms with Gasteiger partial charge in [-0.25, -0.2) is 4.79 Å². The molecule has 1 aromatic heterocycles. The largest absolute Gasteiger partial charge is 0.469 e. The van der Waals surface area contributed by atoms with Gasteiger partial charge < -0.3 is 15.2 Å². The van der Waals surface area contributed by atoms with Gasteiger partial charge in [0.1, 0.15) is 0 Å². The summed E-state index contributed by atoms with van der Waals surface area (Å²) in [6.07, 6.45) is -0.582. The lowest BCUT2D eigenvalue weighted by Gasteiger charge is -2.12. The third-order valence-corrected chi connectivity index (χ3v) is 3.67. The lowest BCUT2D eigenvalue weighted by Crippen LogP contribution is -2.18. The zero-order chi connectivity index (χ0) is 18.4. The SMILES string of the molecule is COC(=O)C[C@H](N)c1cc(-c2ccc(NC(=O)OC)cc2)c(Cl)nn1. The molecule has 25 heavy (non-hydrogen) atoms. The molecule has 2 aromatic rings. The monoisotopic (exact) mass is 364 g/mol. The van der Waals surface area contributed by atoms with Crippen LogP contribution in [0.4, 0.5) is 10.5 Å². The van der Waals surface area contributed by atoms with Gasteiger partial charge in [-0.2, -0.15) is 5.10 Å². The Morgan fingerprint density at radius 2 is 1.88 bits per heavy atom. The summed E-state index contributed by atoms with van der Waals surface area (Å²) in [5.74, 6) is -0.441. The highest BCUT2D eigenvalue weighted by molar-refractivity contribution is 6.32. The fourth-order valence-electron chi connectivity index (χ4n) is 2.04. The van der Waals surface area contributed by atoms with E-state index in [4.69, 9.17) is 17.3 Å². The number of rotatable bonds is 5. The molecule has 0 bridgehead atoms. The topological polar surface area (TPSA) is 116 Å². The van der Waals surface area contributed by atoms with Gasteiger partial charge in [-0.15, -0.1) is 5.10 Å². The first-order valence-electron chi connectivity index (χ1n) is 7.25. The molecule has 1 aromatic carbocycles. The van der Waals surface area contributed by atoms with Gasteiger partial charge >= 0.3 is 12.1 Å². The minimum absolute atomic E-state index is 0.0196. The van der Waals surface area contributed by atoms with Crippen LogP contribution in [0.2, 0.25) is 5.15 Å². The number of ether oxygens (including phenoxy) is 2. The Hall–Kier alpha value is -2.71. The number of nitrogens with two attached hydrogens (primary N) is 1. The molecule has 0 aliphatic carbocycles. The van der Waals surface area contributed by atoms with Crippen molar-refractivity contribution in [1.82, 2.24) is 10.2 Å². The molecule has 9 heteroatoms. The van der Waals surface area contributed by atoms with Crippen molar-refractivity contribution in [2.75, 3.05) is 19.5 Å². The van der Waals surface area contributed by atoms with Crippen LogP contribution in [0.3, 0.4) is 0 Å². The first-order chi connectivity index (χ1) is 11.9. The third kappa shape index (κ3) is 4.88. The Labute approximate surface area is 149 Å². The predicted octanol–water partition coefficient (Wildman–Crippen LogP) is 2.54. The van der Waals surface area contributed by atoms with Crippen LogP contribution in [0.25, 0.3) is 11.1 Å². The highest BCUT2D eigenvalue weighted by Gasteiger charge is 2.16. The van der Waals surface area contributed by atoms with Crippen LogP contribution in [0.5, 0.6) is 0 Å². The standard InChI is InChI=1S/C16H17ClN4O4/c1-24-14(22)8-12(18)13-7-11(15(17)21-20-13)9-3-5-10(6-4-9)19-16(23)25-2/h3-7,12H,8,18H2,1-2H3,(H,19,23)/t12-/m0/s1. The third-order valence-electron chi connectivity index (χ3n) is 3.39. The van der Waals surface area contributed by atoms with Gasteiger partial charge in [0.2, 0.25) is 0 Å². The maximum atomic E-state index is 11.3. The molecule has 0 radical (unpaired) electrons. The van der Waals surface area contributed by atoms with Gasteiger partial charge in [0.15, 0.2) is 5.15 Å². The summed E-state index contributed by atoms with van der Waals surface area (Å²) in [5.41, 5.74) is 8.30. The van der Waals surface area contributed by atoms with E-state index in [2.05, 4.69) is 25.0 Å². The summed E-state index contributed by atoms with van der Waals surface area (Å²) in [6, 6.07) is 7.91. The van der Waals surface area contributed by atoms with Crippen molar-refractivity contribution in [1.29, 1.82) is 0 Å². The number of nitrogens with zero attached hydrogens (tertiary/aromatic N) is 2. The number of esters is 1. The highest BCUT2D eigenvalue weighted by atomic mass is 35.5. The van der Waals surface area contributed by atoms with Crippen LogP contribution in [0, 0.1) is 0 Å². The Balaban J connectivity index is 2.25. The molecule has 0 aliphatic rings. The van der Waals surface area contributed by atoms with Crippen LogP contribution >= 0.6 is 11.6 Å². The van der Waals surface area contributed by atoms with Crippen LogP contribution in [-0.2, 0) is 14.3 Å². The maximum absolute atomic E-state index is 11.3. The Kier molecular flexibility index (Phi) is 6.26. The van der Waals surface area contributed by atoms with Gasteiger partial charge in [-0.1, -0.05) is 23.7 Å². The van der Waals surface area contributed by atoms with Crippen LogP contribution < -0.4 is 11.1 Å². The molecule has 8 nitrogen and oxygen atoms in total. The maximum Gasteiger partial charge on any atom is 0.411 e. The Bertz CT molecular complexity index is 767. The number of benzene rings is 1. The number of amides is 1. The smallest absolute Gasteiger partial charge is 0.411 e. The van der Waals surface area contributed by atoms with Gasteiger partial charge in [-0.05, 0) is 23.8 Å². The minimum atomic E-state index is -0.656. The molecule has 132 valence electrons. The number of carbonyl (C=O) groups excluding carboxylic acids is 2. The van der Waals surface area contributed by atoms with Crippen LogP contribution in [0.1, 0.15) is 18.2 Å². The Morgan fingerprint density at radius 1 is 1.20 bits per heavy atom. The van der Waals surface area contributed by atoms with Crippen LogP contribution in [0.15, 0.2) is 30.3 Å². The molecule has 0 aliphatic heterocycles. The van der Waals surface area contributed by atoms with E-state index >= 15 is 0 Å². The first-order valence-corrected chi connectivity index (χ1v) is 7.63. The molecular formula is C16H17ClN4O4. The number of nitrogens with one attached hydrogen (secondary N) is 1. The zero-order valence-corrected chi connectivity index (χ0v) is 14.4. The summed E-state index contributed by atoms with van der Waals surface area (Å²) in [5, 5.41) is 10.6. The van der Waals surface area contributed by atoms with Gasteiger partial charge in [0.25, 0.3) is 0 Å². The summed E-state index contributed by atoms with van der Waals surface area (Å²) >= 11 is 6.12. The van der Waals surface area contributed by atoms with E-state index in [0.717, 1.165) is 5.56 Å². The summed E-state index contributed by atoms with van der Waals surface area (Å²) in [4.78, 5) is 22.5. The van der Waals surface area contributed by atoms with Crippen molar-refractivity contribution < 1.29 is 19.1 Å². The van der Waals surface area contributed by atoms with E-state index in [1.807, 2.05) is 0 Å². The second-order valence-corrected chi connectivity index (χ2v) is 5.41. The zero-order valence-electron chi connectivity index (χ0n) is 13.7. The lowest BCUT2D eigenvalue weighted by molar-refractivity contribution is -0.141. The molecule has 0 saturated carbocycles. The second kappa shape index (κ2) is 8.41. The van der Waals surface area contributed by atoms with E-state index < -0.39 is 18.1 Å². The number of hydrogen-bond donors (Lipinski definition) is 2. The average Bonchev–Trinajstić information content (AvgIpc) is 2.62. The molecule has 3 N–H and O–H groups in total. The predicted molar refractivity (Wildman–Crippen MR) is 92.1 cm³/mol. The van der Waals surface area contributed by atoms with Gasteiger partial charge in [0.05, 0.1) is 32.4 Å². The number of halogens is 1. The van der Waals surface area contributed by atoms with Crippen molar-refractivity contribution in [3.8, 4) is 11.1 Å². The molecule has 1 heterocycles. The average molecular weight is 365 g/mol. The van der Waals surface area contributed by atoms with Crippen molar-refractivity contribution in [3.63, 3.8) is 0 Å². The van der Waals surface area contributed by atoms with E-state index in [-0.39, 0.29) is 11.6 Å². The Morgan fingerprint density at radius 3 is 2.48 bits per heavy atom. The summed E-state index contributed by atoms with van der Waals surface area (Å²) < 4.78 is 9.13. The highest BCUT2D eigenvalue weighted by Crippen LogP contribution is 2.29. The number of hydrogen-bond acceptors (Lipinski definition) is 7. The lowest BCUT2D eigenvalue weighted by atomic mass is 10.0. The number of methoxy groups -OCH3 is 2.